The van der Waals surface area contributed by atoms with Gasteiger partial charge in [-0.3, -0.25) is 14.4 Å². The standard InChI is InChI=1S/C23H32N4O2/c1-26-21(13-20(25-26)16-6-3-2-4-7-16)19-15-27-10-9-17(19)12-18(27)14-24-23(28)22-8-5-11-29-22/h5,8,11,13,16-19H,2-4,6-7,9-10,12,14-15H2,1H3,(H,24,28)/t17-,18+,19-/m0/s1. The number of furan rings is 1. The number of fused-ring (bicyclic) bond motifs is 3. The number of nitrogens with one attached hydrogen (secondary N) is 1. The number of rotatable bonds is 5. The molecule has 6 nitrogen and oxygen atoms in total. The molecule has 0 radical (unpaired) electrons. The van der Waals surface area contributed by atoms with Crippen molar-refractivity contribution in [2.75, 3.05) is 19.6 Å². The highest BCUT2D eigenvalue weighted by Gasteiger charge is 2.42. The lowest BCUT2D eigenvalue weighted by atomic mass is 9.74. The van der Waals surface area contributed by atoms with E-state index < -0.39 is 0 Å². The van der Waals surface area contributed by atoms with Crippen LogP contribution in [0, 0.1) is 5.92 Å². The second-order valence-electron chi connectivity index (χ2n) is 9.18. The molecule has 29 heavy (non-hydrogen) atoms. The van der Waals surface area contributed by atoms with Gasteiger partial charge in [0, 0.05) is 43.7 Å². The number of nitrogens with zero attached hydrogens (tertiary/aromatic N) is 3. The van der Waals surface area contributed by atoms with Crippen molar-refractivity contribution in [2.24, 2.45) is 13.0 Å². The average Bonchev–Trinajstić information content (AvgIpc) is 3.43. The lowest BCUT2D eigenvalue weighted by molar-refractivity contribution is 0.0278. The fraction of sp³-hybridized carbons (Fsp3) is 0.652. The van der Waals surface area contributed by atoms with Crippen LogP contribution in [0.2, 0.25) is 0 Å². The van der Waals surface area contributed by atoms with Gasteiger partial charge >= 0.3 is 0 Å². The molecule has 3 saturated heterocycles. The molecule has 1 N–H and O–H groups in total. The van der Waals surface area contributed by atoms with E-state index in [9.17, 15) is 4.79 Å². The number of aromatic nitrogens is 2. The molecule has 6 heteroatoms. The molecule has 1 saturated carbocycles. The summed E-state index contributed by atoms with van der Waals surface area (Å²) in [6.45, 7) is 2.91. The van der Waals surface area contributed by atoms with E-state index in [4.69, 9.17) is 9.52 Å². The maximum absolute atomic E-state index is 12.2. The minimum Gasteiger partial charge on any atom is -0.459 e. The Morgan fingerprint density at radius 2 is 2.14 bits per heavy atom. The van der Waals surface area contributed by atoms with Crippen LogP contribution in [0.1, 0.15) is 78.7 Å². The molecule has 4 fully saturated rings. The number of aryl methyl sites for hydroxylation is 1. The van der Waals surface area contributed by atoms with E-state index in [1.165, 1.54) is 49.9 Å². The van der Waals surface area contributed by atoms with Crippen molar-refractivity contribution in [1.82, 2.24) is 20.0 Å². The fourth-order valence-corrected chi connectivity index (χ4v) is 5.84. The van der Waals surface area contributed by atoms with Gasteiger partial charge < -0.3 is 9.73 Å². The molecule has 1 amide bonds. The number of carbonyl (C=O) groups excluding carboxylic acids is 1. The van der Waals surface area contributed by atoms with E-state index in [-0.39, 0.29) is 5.91 Å². The topological polar surface area (TPSA) is 63.3 Å². The minimum atomic E-state index is -0.113. The Morgan fingerprint density at radius 1 is 1.28 bits per heavy atom. The van der Waals surface area contributed by atoms with Crippen LogP contribution in [0.4, 0.5) is 0 Å². The Labute approximate surface area is 172 Å². The Kier molecular flexibility index (Phi) is 5.20. The molecule has 4 aliphatic rings. The maximum atomic E-state index is 12.2. The molecular weight excluding hydrogens is 364 g/mol. The average molecular weight is 397 g/mol. The third-order valence-corrected chi connectivity index (χ3v) is 7.46. The maximum Gasteiger partial charge on any atom is 0.287 e. The van der Waals surface area contributed by atoms with Gasteiger partial charge in [0.2, 0.25) is 0 Å². The van der Waals surface area contributed by atoms with Crippen molar-refractivity contribution in [3.63, 3.8) is 0 Å². The molecule has 156 valence electrons. The molecule has 0 aromatic carbocycles. The van der Waals surface area contributed by atoms with Crippen LogP contribution in [0.15, 0.2) is 28.9 Å². The summed E-state index contributed by atoms with van der Waals surface area (Å²) >= 11 is 0. The highest BCUT2D eigenvalue weighted by Crippen LogP contribution is 2.42. The van der Waals surface area contributed by atoms with Crippen molar-refractivity contribution in [1.29, 1.82) is 0 Å². The highest BCUT2D eigenvalue weighted by molar-refractivity contribution is 5.91. The molecule has 2 aromatic rings. The monoisotopic (exact) mass is 396 g/mol. The molecule has 0 spiro atoms. The normalized spacial score (nSPS) is 29.8. The summed E-state index contributed by atoms with van der Waals surface area (Å²) in [5.41, 5.74) is 2.74. The molecule has 1 aliphatic carbocycles. The van der Waals surface area contributed by atoms with Gasteiger partial charge in [-0.05, 0) is 56.3 Å². The van der Waals surface area contributed by atoms with E-state index in [1.54, 1.807) is 18.4 Å². The van der Waals surface area contributed by atoms with Crippen LogP contribution in [-0.4, -0.2) is 46.3 Å². The number of carbonyl (C=O) groups is 1. The quantitative estimate of drug-likeness (QED) is 0.838. The Hall–Kier alpha value is -2.08. The highest BCUT2D eigenvalue weighted by atomic mass is 16.3. The lowest BCUT2D eigenvalue weighted by Crippen LogP contribution is -2.56. The van der Waals surface area contributed by atoms with Crippen LogP contribution < -0.4 is 5.32 Å². The van der Waals surface area contributed by atoms with Crippen LogP contribution >= 0.6 is 0 Å². The lowest BCUT2D eigenvalue weighted by Gasteiger charge is -2.49. The molecule has 6 rings (SSSR count). The van der Waals surface area contributed by atoms with Crippen molar-refractivity contribution >= 4 is 5.91 Å². The van der Waals surface area contributed by atoms with Crippen molar-refractivity contribution in [3.05, 3.63) is 41.6 Å². The molecule has 2 aromatic heterocycles. The van der Waals surface area contributed by atoms with E-state index in [2.05, 4.69) is 28.0 Å². The SMILES string of the molecule is Cn1nc(C2CCCCC2)cc1[C@H]1CN2CC[C@H]1C[C@@H]2CNC(=O)c1ccco1. The van der Waals surface area contributed by atoms with E-state index in [0.29, 0.717) is 36.1 Å². The predicted octanol–water partition coefficient (Wildman–Crippen LogP) is 3.67. The van der Waals surface area contributed by atoms with Crippen LogP contribution in [-0.2, 0) is 7.05 Å². The summed E-state index contributed by atoms with van der Waals surface area (Å²) in [6, 6.07) is 6.30. The molecule has 1 unspecified atom stereocenters. The summed E-state index contributed by atoms with van der Waals surface area (Å²) in [4.78, 5) is 14.8. The zero-order valence-corrected chi connectivity index (χ0v) is 17.3. The molecular formula is C23H32N4O2. The van der Waals surface area contributed by atoms with Crippen molar-refractivity contribution in [3.8, 4) is 0 Å². The van der Waals surface area contributed by atoms with Gasteiger partial charge in [-0.2, -0.15) is 5.10 Å². The summed E-state index contributed by atoms with van der Waals surface area (Å²) in [5, 5.41) is 7.99. The third kappa shape index (κ3) is 3.75. The fourth-order valence-electron chi connectivity index (χ4n) is 5.84. The summed E-state index contributed by atoms with van der Waals surface area (Å²) in [5.74, 6) is 2.19. The first kappa shape index (κ1) is 18.9. The van der Waals surface area contributed by atoms with E-state index in [0.717, 1.165) is 19.5 Å². The first-order chi connectivity index (χ1) is 14.2. The number of hydrogen-bond donors (Lipinski definition) is 1. The summed E-state index contributed by atoms with van der Waals surface area (Å²) in [7, 11) is 2.13. The second kappa shape index (κ2) is 7.98. The van der Waals surface area contributed by atoms with Crippen LogP contribution in [0.5, 0.6) is 0 Å². The van der Waals surface area contributed by atoms with Crippen LogP contribution in [0.3, 0.4) is 0 Å². The minimum absolute atomic E-state index is 0.113. The van der Waals surface area contributed by atoms with E-state index in [1.807, 2.05) is 0 Å². The van der Waals surface area contributed by atoms with Gasteiger partial charge in [0.25, 0.3) is 5.91 Å². The number of piperidine rings is 3. The smallest absolute Gasteiger partial charge is 0.287 e. The van der Waals surface area contributed by atoms with Gasteiger partial charge in [0.1, 0.15) is 0 Å². The Bertz CT molecular complexity index is 837. The zero-order valence-electron chi connectivity index (χ0n) is 17.3. The molecule has 5 heterocycles. The number of amides is 1. The largest absolute Gasteiger partial charge is 0.459 e. The van der Waals surface area contributed by atoms with Gasteiger partial charge in [-0.1, -0.05) is 19.3 Å². The Morgan fingerprint density at radius 3 is 2.86 bits per heavy atom. The van der Waals surface area contributed by atoms with Crippen LogP contribution in [0.25, 0.3) is 0 Å². The number of hydrogen-bond acceptors (Lipinski definition) is 4. The summed E-state index contributed by atoms with van der Waals surface area (Å²) < 4.78 is 7.36. The first-order valence-electron chi connectivity index (χ1n) is 11.3. The van der Waals surface area contributed by atoms with Gasteiger partial charge in [0.15, 0.2) is 5.76 Å². The van der Waals surface area contributed by atoms with Gasteiger partial charge in [0.05, 0.1) is 12.0 Å². The molecule has 3 aliphatic heterocycles. The second-order valence-corrected chi connectivity index (χ2v) is 9.18. The van der Waals surface area contributed by atoms with Gasteiger partial charge in [-0.25, -0.2) is 0 Å². The molecule has 2 bridgehead atoms. The van der Waals surface area contributed by atoms with E-state index >= 15 is 0 Å². The Balaban J connectivity index is 1.23. The molecule has 4 atom stereocenters. The van der Waals surface area contributed by atoms with Gasteiger partial charge in [-0.15, -0.1) is 0 Å². The first-order valence-corrected chi connectivity index (χ1v) is 11.3. The van der Waals surface area contributed by atoms with Crippen molar-refractivity contribution < 1.29 is 9.21 Å². The predicted molar refractivity (Wildman–Crippen MR) is 111 cm³/mol. The summed E-state index contributed by atoms with van der Waals surface area (Å²) in [6.07, 6.45) is 10.6. The van der Waals surface area contributed by atoms with Crippen molar-refractivity contribution in [2.45, 2.75) is 62.8 Å². The zero-order chi connectivity index (χ0) is 19.8. The third-order valence-electron chi connectivity index (χ3n) is 7.46.